The van der Waals surface area contributed by atoms with Gasteiger partial charge in [-0.25, -0.2) is 10.2 Å². The Morgan fingerprint density at radius 3 is 2.32 bits per heavy atom. The minimum Gasteiger partial charge on any atom is -0.478 e. The number of carbonyl (C=O) groups excluding carboxylic acids is 1. The largest absolute Gasteiger partial charge is 0.478 e. The highest BCUT2D eigenvalue weighted by atomic mass is 16.4. The Balaban J connectivity index is 1.72. The van der Waals surface area contributed by atoms with Gasteiger partial charge in [-0.05, 0) is 42.0 Å². The van der Waals surface area contributed by atoms with Crippen molar-refractivity contribution in [2.24, 2.45) is 5.10 Å². The number of hydrogen-bond acceptors (Lipinski definition) is 3. The Hall–Kier alpha value is -3.67. The molecule has 0 saturated heterocycles. The highest BCUT2D eigenvalue weighted by Gasteiger charge is 2.10. The molecule has 0 radical (unpaired) electrons. The van der Waals surface area contributed by atoms with Crippen molar-refractivity contribution in [3.8, 4) is 5.69 Å². The monoisotopic (exact) mass is 333 g/mol. The van der Waals surface area contributed by atoms with E-state index in [2.05, 4.69) is 10.5 Å². The zero-order valence-electron chi connectivity index (χ0n) is 13.2. The van der Waals surface area contributed by atoms with Gasteiger partial charge in [0.25, 0.3) is 5.91 Å². The second-order valence-corrected chi connectivity index (χ2v) is 5.23. The van der Waals surface area contributed by atoms with Crippen LogP contribution in [0, 0.1) is 0 Å². The summed E-state index contributed by atoms with van der Waals surface area (Å²) < 4.78 is 1.85. The van der Waals surface area contributed by atoms with E-state index in [1.54, 1.807) is 24.3 Å². The van der Waals surface area contributed by atoms with E-state index in [9.17, 15) is 9.59 Å². The Labute approximate surface area is 144 Å². The fraction of sp³-hybridized carbons (Fsp3) is 0. The molecule has 0 bridgehead atoms. The molecule has 0 unspecified atom stereocenters. The van der Waals surface area contributed by atoms with E-state index in [-0.39, 0.29) is 11.5 Å². The van der Waals surface area contributed by atoms with Crippen LogP contribution in [0.3, 0.4) is 0 Å². The van der Waals surface area contributed by atoms with Crippen LogP contribution in [0.25, 0.3) is 5.69 Å². The summed E-state index contributed by atoms with van der Waals surface area (Å²) in [6.45, 7) is 0. The fourth-order valence-electron chi connectivity index (χ4n) is 2.32. The summed E-state index contributed by atoms with van der Waals surface area (Å²) in [6, 6.07) is 17.2. The zero-order valence-corrected chi connectivity index (χ0v) is 13.2. The first-order valence-electron chi connectivity index (χ1n) is 7.54. The molecule has 1 heterocycles. The van der Waals surface area contributed by atoms with E-state index < -0.39 is 5.97 Å². The van der Waals surface area contributed by atoms with Gasteiger partial charge in [0.05, 0.1) is 23.0 Å². The Morgan fingerprint density at radius 1 is 0.960 bits per heavy atom. The van der Waals surface area contributed by atoms with Crippen LogP contribution in [0.4, 0.5) is 0 Å². The summed E-state index contributed by atoms with van der Waals surface area (Å²) in [5.74, 6) is -1.32. The van der Waals surface area contributed by atoms with Crippen molar-refractivity contribution in [3.63, 3.8) is 0 Å². The van der Waals surface area contributed by atoms with Crippen LogP contribution in [0.15, 0.2) is 78.2 Å². The van der Waals surface area contributed by atoms with Crippen molar-refractivity contribution >= 4 is 18.1 Å². The summed E-state index contributed by atoms with van der Waals surface area (Å²) in [6.07, 6.45) is 5.18. The predicted octanol–water partition coefficient (Wildman–Crippen LogP) is 2.94. The normalized spacial score (nSPS) is 10.7. The van der Waals surface area contributed by atoms with E-state index in [0.29, 0.717) is 11.1 Å². The van der Waals surface area contributed by atoms with Gasteiger partial charge in [0, 0.05) is 12.4 Å². The maximum Gasteiger partial charge on any atom is 0.335 e. The van der Waals surface area contributed by atoms with Gasteiger partial charge in [0.2, 0.25) is 0 Å². The number of amides is 1. The molecule has 0 saturated carbocycles. The molecule has 3 aromatic rings. The number of benzene rings is 2. The Kier molecular flexibility index (Phi) is 4.71. The van der Waals surface area contributed by atoms with Crippen LogP contribution < -0.4 is 5.43 Å². The lowest BCUT2D eigenvalue weighted by Crippen LogP contribution is -2.19. The molecule has 1 amide bonds. The molecular weight excluding hydrogens is 318 g/mol. The molecule has 0 spiro atoms. The minimum absolute atomic E-state index is 0.196. The fourth-order valence-corrected chi connectivity index (χ4v) is 2.32. The van der Waals surface area contributed by atoms with Gasteiger partial charge < -0.3 is 9.67 Å². The Bertz CT molecular complexity index is 913. The molecule has 6 nitrogen and oxygen atoms in total. The third-order valence-electron chi connectivity index (χ3n) is 3.57. The third kappa shape index (κ3) is 3.81. The van der Waals surface area contributed by atoms with Crippen LogP contribution >= 0.6 is 0 Å². The van der Waals surface area contributed by atoms with Crippen molar-refractivity contribution in [1.82, 2.24) is 9.99 Å². The first-order valence-corrected chi connectivity index (χ1v) is 7.54. The number of hydrogen-bond donors (Lipinski definition) is 2. The molecule has 2 N–H and O–H groups in total. The first kappa shape index (κ1) is 16.2. The van der Waals surface area contributed by atoms with Crippen molar-refractivity contribution in [3.05, 3.63) is 89.7 Å². The second kappa shape index (κ2) is 7.27. The lowest BCUT2D eigenvalue weighted by atomic mass is 10.1. The highest BCUT2D eigenvalue weighted by Crippen LogP contribution is 2.14. The number of carboxylic acids is 1. The van der Waals surface area contributed by atoms with Crippen LogP contribution in [-0.2, 0) is 0 Å². The maximum atomic E-state index is 12.4. The SMILES string of the molecule is O=C(O)c1ccc(/C=N/NC(=O)c2ccccc2-n2cccc2)cc1. The lowest BCUT2D eigenvalue weighted by molar-refractivity contribution is 0.0696. The molecule has 0 aliphatic rings. The van der Waals surface area contributed by atoms with Gasteiger partial charge in [0.15, 0.2) is 0 Å². The maximum absolute atomic E-state index is 12.4. The molecule has 0 atom stereocenters. The Morgan fingerprint density at radius 2 is 1.64 bits per heavy atom. The van der Waals surface area contributed by atoms with Gasteiger partial charge in [-0.3, -0.25) is 4.79 Å². The quantitative estimate of drug-likeness (QED) is 0.556. The molecule has 124 valence electrons. The van der Waals surface area contributed by atoms with E-state index in [1.165, 1.54) is 18.3 Å². The molecule has 2 aromatic carbocycles. The van der Waals surface area contributed by atoms with Crippen LogP contribution in [-0.4, -0.2) is 27.8 Å². The van der Waals surface area contributed by atoms with Crippen molar-refractivity contribution in [2.75, 3.05) is 0 Å². The van der Waals surface area contributed by atoms with Crippen LogP contribution in [0.1, 0.15) is 26.3 Å². The van der Waals surface area contributed by atoms with Crippen molar-refractivity contribution in [2.45, 2.75) is 0 Å². The number of hydrazone groups is 1. The average Bonchev–Trinajstić information content (AvgIpc) is 3.16. The van der Waals surface area contributed by atoms with Gasteiger partial charge in [-0.15, -0.1) is 0 Å². The summed E-state index contributed by atoms with van der Waals surface area (Å²) >= 11 is 0. The van der Waals surface area contributed by atoms with Gasteiger partial charge in [0.1, 0.15) is 0 Å². The topological polar surface area (TPSA) is 83.7 Å². The lowest BCUT2D eigenvalue weighted by Gasteiger charge is -2.08. The standard InChI is InChI=1S/C19H15N3O3/c23-18(16-5-1-2-6-17(16)22-11-3-4-12-22)21-20-13-14-7-9-15(10-8-14)19(24)25/h1-13H,(H,21,23)(H,24,25)/b20-13+. The first-order chi connectivity index (χ1) is 12.1. The molecule has 0 aliphatic carbocycles. The molecular formula is C19H15N3O3. The summed E-state index contributed by atoms with van der Waals surface area (Å²) in [7, 11) is 0. The molecule has 6 heteroatoms. The number of rotatable bonds is 5. The minimum atomic E-state index is -0.988. The van der Waals surface area contributed by atoms with Crippen LogP contribution in [0.2, 0.25) is 0 Å². The van der Waals surface area contributed by atoms with Gasteiger partial charge in [-0.1, -0.05) is 24.3 Å². The van der Waals surface area contributed by atoms with E-state index >= 15 is 0 Å². The summed E-state index contributed by atoms with van der Waals surface area (Å²) in [4.78, 5) is 23.2. The molecule has 3 rings (SSSR count). The van der Waals surface area contributed by atoms with Gasteiger partial charge in [-0.2, -0.15) is 5.10 Å². The van der Waals surface area contributed by atoms with E-state index in [0.717, 1.165) is 5.69 Å². The van der Waals surface area contributed by atoms with Gasteiger partial charge >= 0.3 is 5.97 Å². The number of aromatic nitrogens is 1. The molecule has 0 fully saturated rings. The molecule has 0 aliphatic heterocycles. The number of nitrogens with one attached hydrogen (secondary N) is 1. The molecule has 25 heavy (non-hydrogen) atoms. The number of para-hydroxylation sites is 1. The molecule has 1 aromatic heterocycles. The smallest absolute Gasteiger partial charge is 0.335 e. The van der Waals surface area contributed by atoms with E-state index in [1.807, 2.05) is 41.2 Å². The number of carboxylic acid groups (broad SMARTS) is 1. The summed E-state index contributed by atoms with van der Waals surface area (Å²) in [5.41, 5.74) is 4.62. The van der Waals surface area contributed by atoms with Crippen molar-refractivity contribution in [1.29, 1.82) is 0 Å². The number of nitrogens with zero attached hydrogens (tertiary/aromatic N) is 2. The average molecular weight is 333 g/mol. The van der Waals surface area contributed by atoms with Crippen LogP contribution in [0.5, 0.6) is 0 Å². The second-order valence-electron chi connectivity index (χ2n) is 5.23. The number of carbonyl (C=O) groups is 2. The third-order valence-corrected chi connectivity index (χ3v) is 3.57. The van der Waals surface area contributed by atoms with E-state index in [4.69, 9.17) is 5.11 Å². The predicted molar refractivity (Wildman–Crippen MR) is 94.2 cm³/mol. The highest BCUT2D eigenvalue weighted by molar-refractivity contribution is 5.98. The number of aromatic carboxylic acids is 1. The van der Waals surface area contributed by atoms with Crippen molar-refractivity contribution < 1.29 is 14.7 Å². The summed E-state index contributed by atoms with van der Waals surface area (Å²) in [5, 5.41) is 12.8. The zero-order chi connectivity index (χ0) is 17.6.